The molecule has 4 aliphatic heterocycles. The average molecular weight is 933 g/mol. The van der Waals surface area contributed by atoms with Crippen LogP contribution in [0.2, 0.25) is 0 Å². The molecule has 4 N–H and O–H groups in total. The summed E-state index contributed by atoms with van der Waals surface area (Å²) in [6, 6.07) is 16.1. The van der Waals surface area contributed by atoms with Gasteiger partial charge in [-0.3, -0.25) is 9.59 Å². The van der Waals surface area contributed by atoms with E-state index in [0.29, 0.717) is 30.4 Å². The Labute approximate surface area is 396 Å². The van der Waals surface area contributed by atoms with Crippen LogP contribution in [0.5, 0.6) is 0 Å². The molecule has 5 aromatic rings. The first kappa shape index (κ1) is 46.7. The molecule has 6 heterocycles. The number of H-pyrrole nitrogens is 2. The van der Waals surface area contributed by atoms with E-state index in [1.165, 1.54) is 14.2 Å². The topological polar surface area (TPSA) is 181 Å². The average Bonchev–Trinajstić information content (AvgIpc) is 4.20. The first-order valence-electron chi connectivity index (χ1n) is 24.4. The maximum absolute atomic E-state index is 16.4. The Bertz CT molecular complexity index is 2510. The van der Waals surface area contributed by atoms with E-state index in [1.54, 1.807) is 6.07 Å². The Kier molecular flexibility index (Phi) is 13.5. The monoisotopic (exact) mass is 933 g/mol. The van der Waals surface area contributed by atoms with Crippen molar-refractivity contribution < 1.29 is 33.0 Å². The molecule has 6 atom stereocenters. The second kappa shape index (κ2) is 19.7. The number of carbonyl (C=O) groups is 4. The van der Waals surface area contributed by atoms with Crippen LogP contribution in [0, 0.1) is 17.7 Å². The number of hydrogen-bond donors (Lipinski definition) is 4. The summed E-state index contributed by atoms with van der Waals surface area (Å²) in [5.74, 6) is 0.565. The molecule has 0 bridgehead atoms. The van der Waals surface area contributed by atoms with E-state index in [1.807, 2.05) is 55.7 Å². The summed E-state index contributed by atoms with van der Waals surface area (Å²) in [5.41, 5.74) is 6.85. The van der Waals surface area contributed by atoms with Gasteiger partial charge in [-0.2, -0.15) is 0 Å². The number of aromatic nitrogens is 4. The smallest absolute Gasteiger partial charge is 0.407 e. The maximum Gasteiger partial charge on any atom is 0.407 e. The lowest BCUT2D eigenvalue weighted by atomic mass is 10.0. The van der Waals surface area contributed by atoms with Crippen molar-refractivity contribution in [3.63, 3.8) is 0 Å². The van der Waals surface area contributed by atoms with Crippen LogP contribution in [-0.2, 0) is 19.1 Å². The number of likely N-dealkylation sites (tertiary alicyclic amines) is 2. The number of anilines is 2. The molecule has 2 unspecified atom stereocenters. The number of ether oxygens (including phenoxy) is 2. The van der Waals surface area contributed by atoms with Gasteiger partial charge in [0.1, 0.15) is 29.5 Å². The number of fused-ring (bicyclic) bond motifs is 2. The van der Waals surface area contributed by atoms with Gasteiger partial charge in [0.25, 0.3) is 0 Å². The number of piperidine rings is 1. The van der Waals surface area contributed by atoms with Gasteiger partial charge in [0.15, 0.2) is 0 Å². The molecule has 17 heteroatoms. The van der Waals surface area contributed by atoms with Gasteiger partial charge < -0.3 is 49.7 Å². The number of alkyl carbamates (subject to hydrolysis) is 2. The van der Waals surface area contributed by atoms with Crippen LogP contribution < -0.4 is 20.4 Å². The van der Waals surface area contributed by atoms with Gasteiger partial charge in [0, 0.05) is 31.9 Å². The molecule has 4 saturated heterocycles. The molecule has 0 radical (unpaired) electrons. The number of rotatable bonds is 12. The fraction of sp³-hybridized carbons (Fsp3) is 0.529. The molecule has 3 aromatic carbocycles. The Balaban J connectivity index is 1.02. The van der Waals surface area contributed by atoms with Crippen LogP contribution in [0.15, 0.2) is 54.6 Å². The van der Waals surface area contributed by atoms with Crippen LogP contribution in [-0.4, -0.2) is 106 Å². The van der Waals surface area contributed by atoms with Gasteiger partial charge in [-0.05, 0) is 123 Å². The number of nitrogens with one attached hydrogen (secondary N) is 4. The van der Waals surface area contributed by atoms with E-state index in [2.05, 4.69) is 60.7 Å². The van der Waals surface area contributed by atoms with Crippen molar-refractivity contribution in [3.8, 4) is 0 Å². The third-order valence-corrected chi connectivity index (χ3v) is 14.6. The highest BCUT2D eigenvalue weighted by Crippen LogP contribution is 2.48. The minimum atomic E-state index is -0.732. The first-order valence-corrected chi connectivity index (χ1v) is 24.4. The number of halogens is 1. The zero-order chi connectivity index (χ0) is 47.8. The highest BCUT2D eigenvalue weighted by molar-refractivity contribution is 5.88. The molecular weight excluding hydrogens is 868 g/mol. The van der Waals surface area contributed by atoms with Gasteiger partial charge in [-0.15, -0.1) is 0 Å². The zero-order valence-corrected chi connectivity index (χ0v) is 40.0. The highest BCUT2D eigenvalue weighted by Gasteiger charge is 2.41. The van der Waals surface area contributed by atoms with E-state index < -0.39 is 24.3 Å². The number of nitrogens with zero attached hydrogens (tertiary/aromatic N) is 6. The van der Waals surface area contributed by atoms with Crippen molar-refractivity contribution in [3.05, 3.63) is 83.2 Å². The zero-order valence-electron chi connectivity index (χ0n) is 40.0. The Morgan fingerprint density at radius 1 is 0.618 bits per heavy atom. The summed E-state index contributed by atoms with van der Waals surface area (Å²) in [6.07, 6.45) is 6.70. The van der Waals surface area contributed by atoms with Crippen molar-refractivity contribution in [2.75, 3.05) is 50.2 Å². The molecule has 4 aliphatic rings. The second-order valence-corrected chi connectivity index (χ2v) is 19.6. The summed E-state index contributed by atoms with van der Waals surface area (Å²) in [6.45, 7) is 10.4. The van der Waals surface area contributed by atoms with Gasteiger partial charge in [-0.1, -0.05) is 39.8 Å². The number of carbonyl (C=O) groups excluding carboxylic acids is 4. The van der Waals surface area contributed by atoms with Gasteiger partial charge in [0.2, 0.25) is 11.8 Å². The predicted molar refractivity (Wildman–Crippen MR) is 258 cm³/mol. The summed E-state index contributed by atoms with van der Waals surface area (Å²) in [4.78, 5) is 77.5. The standard InChI is InChI=1S/C51H65FN10O6/c1-29(2)44(57-50(65)67-5)48(63)60-24-10-12-42(60)46-53-35-17-14-31(26-37(35)55-46)39-20-21-40(62(39)33-16-19-41(34(52)28-33)59-22-8-7-9-23-59)32-15-18-36-38(27-32)56-47(54-36)43-13-11-25-61(43)49(64)45(30(3)4)58-51(66)68-6/h14-19,26-30,39-40,42-45H,7-13,20-25H2,1-6H3,(H,53,55)(H,54,56)(H,57,65)(H,58,66)/t39-,40?,42-,43-,44-,45?/m0/s1. The lowest BCUT2D eigenvalue weighted by Gasteiger charge is -2.34. The minimum absolute atomic E-state index is 0.101. The van der Waals surface area contributed by atoms with E-state index in [4.69, 9.17) is 19.4 Å². The molecule has 9 rings (SSSR count). The van der Waals surface area contributed by atoms with Gasteiger partial charge in [-0.25, -0.2) is 23.9 Å². The minimum Gasteiger partial charge on any atom is -0.453 e. The quantitative estimate of drug-likeness (QED) is 0.0945. The van der Waals surface area contributed by atoms with Crippen molar-refractivity contribution in [1.82, 2.24) is 40.4 Å². The van der Waals surface area contributed by atoms with Crippen LogP contribution in [0.4, 0.5) is 25.4 Å². The Hall–Kier alpha value is -6.39. The van der Waals surface area contributed by atoms with E-state index in [-0.39, 0.29) is 53.6 Å². The molecule has 0 aliphatic carbocycles. The van der Waals surface area contributed by atoms with Crippen molar-refractivity contribution in [2.45, 2.75) is 122 Å². The fourth-order valence-corrected chi connectivity index (χ4v) is 11.1. The molecule has 16 nitrogen and oxygen atoms in total. The lowest BCUT2D eigenvalue weighted by Crippen LogP contribution is -2.51. The van der Waals surface area contributed by atoms with Crippen LogP contribution in [0.1, 0.15) is 132 Å². The Morgan fingerprint density at radius 3 is 1.54 bits per heavy atom. The van der Waals surface area contributed by atoms with Crippen LogP contribution in [0.3, 0.4) is 0 Å². The normalized spacial score (nSPS) is 21.8. The van der Waals surface area contributed by atoms with Gasteiger partial charge >= 0.3 is 12.2 Å². The number of methoxy groups -OCH3 is 2. The maximum atomic E-state index is 16.4. The summed E-state index contributed by atoms with van der Waals surface area (Å²) in [5, 5.41) is 5.46. The molecule has 2 aromatic heterocycles. The highest BCUT2D eigenvalue weighted by atomic mass is 19.1. The lowest BCUT2D eigenvalue weighted by molar-refractivity contribution is -0.136. The molecule has 0 saturated carbocycles. The SMILES string of the molecule is COC(=O)NC(C(=O)N1CCC[C@H]1c1nc2ccc(C3CC[C@@H](c4ccc5nc([C@@H]6CCCN6C(=O)[C@@H](NC(=O)OC)C(C)C)[nH]c5c4)N3c3ccc(N4CCCCC4)c(F)c3)cc2[nH]1)C(C)C. The molecular formula is C51H65FN10O6. The summed E-state index contributed by atoms with van der Waals surface area (Å²) >= 11 is 0. The molecule has 4 fully saturated rings. The number of hydrogen-bond acceptors (Lipinski definition) is 10. The number of benzene rings is 3. The van der Waals surface area contributed by atoms with E-state index in [0.717, 1.165) is 110 Å². The summed E-state index contributed by atoms with van der Waals surface area (Å²) < 4.78 is 26.0. The molecule has 4 amide bonds. The number of amides is 4. The van der Waals surface area contributed by atoms with Crippen LogP contribution >= 0.6 is 0 Å². The fourth-order valence-electron chi connectivity index (χ4n) is 11.1. The predicted octanol–water partition coefficient (Wildman–Crippen LogP) is 8.74. The third kappa shape index (κ3) is 9.15. The van der Waals surface area contributed by atoms with Crippen molar-refractivity contribution >= 4 is 57.4 Å². The van der Waals surface area contributed by atoms with E-state index in [9.17, 15) is 19.2 Å². The van der Waals surface area contributed by atoms with E-state index >= 15 is 4.39 Å². The van der Waals surface area contributed by atoms with Crippen LogP contribution in [0.25, 0.3) is 22.1 Å². The number of aromatic amines is 2. The van der Waals surface area contributed by atoms with Crippen molar-refractivity contribution in [1.29, 1.82) is 0 Å². The molecule has 68 heavy (non-hydrogen) atoms. The Morgan fingerprint density at radius 2 is 1.10 bits per heavy atom. The third-order valence-electron chi connectivity index (χ3n) is 14.6. The second-order valence-electron chi connectivity index (χ2n) is 19.6. The largest absolute Gasteiger partial charge is 0.453 e. The first-order chi connectivity index (χ1) is 32.8. The molecule has 362 valence electrons. The summed E-state index contributed by atoms with van der Waals surface area (Å²) in [7, 11) is 2.58. The van der Waals surface area contributed by atoms with Gasteiger partial charge in [0.05, 0.1) is 66.1 Å². The van der Waals surface area contributed by atoms with Crippen molar-refractivity contribution in [2.24, 2.45) is 11.8 Å². The number of imidazole rings is 2. The molecule has 0 spiro atoms.